The lowest BCUT2D eigenvalue weighted by Crippen LogP contribution is -2.12. The first kappa shape index (κ1) is 11.2. The van der Waals surface area contributed by atoms with E-state index < -0.39 is 0 Å². The van der Waals surface area contributed by atoms with E-state index in [0.717, 1.165) is 11.3 Å². The van der Waals surface area contributed by atoms with Crippen LogP contribution >= 0.6 is 7.92 Å². The minimum Gasteiger partial charge on any atom is -0.256 e. The minimum atomic E-state index is -0.0249. The van der Waals surface area contributed by atoms with E-state index >= 15 is 0 Å². The maximum atomic E-state index is 4.61. The smallest absolute Gasteiger partial charge is 0.0778 e. The summed E-state index contributed by atoms with van der Waals surface area (Å²) < 4.78 is 0. The topological polar surface area (TPSA) is 12.9 Å². The van der Waals surface area contributed by atoms with Crippen molar-refractivity contribution in [2.45, 2.75) is 38.0 Å². The van der Waals surface area contributed by atoms with Crippen molar-refractivity contribution in [3.05, 3.63) is 36.5 Å². The fourth-order valence-corrected chi connectivity index (χ4v) is 6.33. The lowest BCUT2D eigenvalue weighted by atomic mass is 10.2. The first-order valence-corrected chi connectivity index (χ1v) is 7.87. The number of hydrogen-bond donors (Lipinski definition) is 0. The van der Waals surface area contributed by atoms with Crippen LogP contribution in [0, 0.1) is 0 Å². The van der Waals surface area contributed by atoms with Crippen LogP contribution in [-0.2, 0) is 0 Å². The van der Waals surface area contributed by atoms with Gasteiger partial charge in [-0.3, -0.25) is 4.98 Å². The summed E-state index contributed by atoms with van der Waals surface area (Å²) >= 11 is 0. The highest BCUT2D eigenvalue weighted by atomic mass is 31.1. The Bertz CT molecular complexity index is 522. The lowest BCUT2D eigenvalue weighted by molar-refractivity contribution is 0.777. The van der Waals surface area contributed by atoms with E-state index in [4.69, 9.17) is 0 Å². The van der Waals surface area contributed by atoms with Crippen LogP contribution in [-0.4, -0.2) is 16.3 Å². The highest BCUT2D eigenvalue weighted by Gasteiger charge is 2.32. The third-order valence-corrected chi connectivity index (χ3v) is 7.17. The summed E-state index contributed by atoms with van der Waals surface area (Å²) in [5.41, 5.74) is 2.95. The van der Waals surface area contributed by atoms with E-state index in [1.165, 1.54) is 29.0 Å². The van der Waals surface area contributed by atoms with Gasteiger partial charge in [0.2, 0.25) is 0 Å². The summed E-state index contributed by atoms with van der Waals surface area (Å²) in [6.45, 7) is 4.83. The van der Waals surface area contributed by atoms with E-state index in [1.54, 1.807) is 0 Å². The number of aromatic nitrogens is 1. The van der Waals surface area contributed by atoms with Gasteiger partial charge < -0.3 is 0 Å². The largest absolute Gasteiger partial charge is 0.256 e. The highest BCUT2D eigenvalue weighted by Crippen LogP contribution is 2.54. The van der Waals surface area contributed by atoms with Crippen molar-refractivity contribution in [1.82, 2.24) is 4.98 Å². The Labute approximate surface area is 104 Å². The van der Waals surface area contributed by atoms with Crippen LogP contribution in [0.4, 0.5) is 0 Å². The Morgan fingerprint density at radius 3 is 2.53 bits per heavy atom. The molecule has 0 amide bonds. The van der Waals surface area contributed by atoms with E-state index in [9.17, 15) is 0 Å². The van der Waals surface area contributed by atoms with Crippen LogP contribution in [0.3, 0.4) is 0 Å². The number of rotatable bonds is 1. The molecule has 1 fully saturated rings. The van der Waals surface area contributed by atoms with Gasteiger partial charge in [-0.15, -0.1) is 0 Å². The predicted octanol–water partition coefficient (Wildman–Crippen LogP) is 3.91. The van der Waals surface area contributed by atoms with Crippen molar-refractivity contribution < 1.29 is 0 Å². The number of benzene rings is 1. The summed E-state index contributed by atoms with van der Waals surface area (Å²) in [5, 5.41) is 2.81. The van der Waals surface area contributed by atoms with Crippen molar-refractivity contribution in [2.24, 2.45) is 0 Å². The molecule has 1 aromatic heterocycles. The van der Waals surface area contributed by atoms with Crippen LogP contribution < -0.4 is 5.30 Å². The van der Waals surface area contributed by atoms with Gasteiger partial charge in [0.25, 0.3) is 0 Å². The molecule has 1 saturated heterocycles. The molecular weight excluding hydrogens is 225 g/mol. The van der Waals surface area contributed by atoms with Crippen molar-refractivity contribution in [1.29, 1.82) is 0 Å². The Hall–Kier alpha value is -0.940. The number of fused-ring (bicyclic) bond motifs is 1. The Balaban J connectivity index is 2.17. The SMILES string of the molecule is C[C@@H]1CC[C@@H](C)P1c1cccc2cccnc12. The quantitative estimate of drug-likeness (QED) is 0.692. The van der Waals surface area contributed by atoms with Crippen LogP contribution in [0.1, 0.15) is 26.7 Å². The average molecular weight is 243 g/mol. The van der Waals surface area contributed by atoms with E-state index in [0.29, 0.717) is 0 Å². The molecule has 2 aromatic rings. The van der Waals surface area contributed by atoms with Gasteiger partial charge in [-0.2, -0.15) is 0 Å². The molecule has 1 nitrogen and oxygen atoms in total. The average Bonchev–Trinajstić information content (AvgIpc) is 2.69. The van der Waals surface area contributed by atoms with Gasteiger partial charge in [0, 0.05) is 16.9 Å². The van der Waals surface area contributed by atoms with E-state index in [2.05, 4.69) is 43.1 Å². The van der Waals surface area contributed by atoms with E-state index in [-0.39, 0.29) is 7.92 Å². The molecule has 2 atom stereocenters. The zero-order valence-corrected chi connectivity index (χ0v) is 11.3. The van der Waals surface area contributed by atoms with Crippen molar-refractivity contribution in [3.63, 3.8) is 0 Å². The molecule has 0 N–H and O–H groups in total. The molecule has 2 heteroatoms. The fourth-order valence-electron chi connectivity index (χ4n) is 2.97. The van der Waals surface area contributed by atoms with Crippen LogP contribution in [0.15, 0.2) is 36.5 Å². The van der Waals surface area contributed by atoms with Gasteiger partial charge >= 0.3 is 0 Å². The molecule has 0 spiro atoms. The summed E-state index contributed by atoms with van der Waals surface area (Å²) in [6, 6.07) is 10.9. The van der Waals surface area contributed by atoms with Crippen molar-refractivity contribution in [2.75, 3.05) is 0 Å². The second-order valence-corrected chi connectivity index (χ2v) is 8.09. The first-order valence-electron chi connectivity index (χ1n) is 6.39. The summed E-state index contributed by atoms with van der Waals surface area (Å²) in [5.74, 6) is 0. The standard InChI is InChI=1S/C15H18NP/c1-11-8-9-12(2)17(11)14-7-3-5-13-6-4-10-16-15(13)14/h3-7,10-12H,8-9H2,1-2H3/t11-,12-/m1/s1. The molecule has 1 aliphatic heterocycles. The lowest BCUT2D eigenvalue weighted by Gasteiger charge is -2.22. The molecular formula is C15H18NP. The summed E-state index contributed by atoms with van der Waals surface area (Å²) in [4.78, 5) is 4.61. The van der Waals surface area contributed by atoms with Gasteiger partial charge in [-0.25, -0.2) is 0 Å². The maximum Gasteiger partial charge on any atom is 0.0778 e. The van der Waals surface area contributed by atoms with Gasteiger partial charge in [-0.05, 0) is 30.2 Å². The normalized spacial score (nSPS) is 25.5. The Morgan fingerprint density at radius 2 is 1.76 bits per heavy atom. The molecule has 0 aliphatic carbocycles. The minimum absolute atomic E-state index is 0.0249. The molecule has 0 saturated carbocycles. The molecule has 1 aromatic carbocycles. The number of hydrogen-bond acceptors (Lipinski definition) is 1. The summed E-state index contributed by atoms with van der Waals surface area (Å²) in [7, 11) is -0.0249. The molecule has 0 bridgehead atoms. The maximum absolute atomic E-state index is 4.61. The van der Waals surface area contributed by atoms with Crippen LogP contribution in [0.25, 0.3) is 10.9 Å². The number of nitrogens with zero attached hydrogens (tertiary/aromatic N) is 1. The van der Waals surface area contributed by atoms with Crippen molar-refractivity contribution >= 4 is 24.1 Å². The first-order chi connectivity index (χ1) is 8.27. The Morgan fingerprint density at radius 1 is 1.06 bits per heavy atom. The van der Waals surface area contributed by atoms with Gasteiger partial charge in [0.15, 0.2) is 0 Å². The monoisotopic (exact) mass is 243 g/mol. The molecule has 2 heterocycles. The van der Waals surface area contributed by atoms with Gasteiger partial charge in [0.05, 0.1) is 5.52 Å². The van der Waals surface area contributed by atoms with Crippen LogP contribution in [0.5, 0.6) is 0 Å². The van der Waals surface area contributed by atoms with Crippen LogP contribution in [0.2, 0.25) is 0 Å². The third-order valence-electron chi connectivity index (χ3n) is 3.84. The molecule has 0 unspecified atom stereocenters. The summed E-state index contributed by atoms with van der Waals surface area (Å²) in [6.07, 6.45) is 4.69. The molecule has 1 aliphatic rings. The second-order valence-electron chi connectivity index (χ2n) is 5.03. The molecule has 3 rings (SSSR count). The van der Waals surface area contributed by atoms with Gasteiger partial charge in [-0.1, -0.05) is 46.0 Å². The zero-order chi connectivity index (χ0) is 11.8. The van der Waals surface area contributed by atoms with Gasteiger partial charge in [0.1, 0.15) is 0 Å². The second kappa shape index (κ2) is 4.38. The number of pyridine rings is 1. The Kier molecular flexibility index (Phi) is 2.88. The zero-order valence-electron chi connectivity index (χ0n) is 10.4. The highest BCUT2D eigenvalue weighted by molar-refractivity contribution is 7.67. The fraction of sp³-hybridized carbons (Fsp3) is 0.400. The third kappa shape index (κ3) is 1.87. The molecule has 17 heavy (non-hydrogen) atoms. The molecule has 0 radical (unpaired) electrons. The predicted molar refractivity (Wildman–Crippen MR) is 76.5 cm³/mol. The molecule has 88 valence electrons. The number of para-hydroxylation sites is 1. The van der Waals surface area contributed by atoms with Crippen molar-refractivity contribution in [3.8, 4) is 0 Å². The van der Waals surface area contributed by atoms with E-state index in [1.807, 2.05) is 12.3 Å².